The number of amides is 2. The van der Waals surface area contributed by atoms with Gasteiger partial charge in [-0.25, -0.2) is 9.59 Å². The number of nitrogens with zero attached hydrogens (tertiary/aromatic N) is 1. The van der Waals surface area contributed by atoms with Gasteiger partial charge in [-0.05, 0) is 61.2 Å². The fraction of sp³-hybridized carbons (Fsp3) is 0.429. The van der Waals surface area contributed by atoms with Gasteiger partial charge in [-0.2, -0.15) is 0 Å². The van der Waals surface area contributed by atoms with E-state index in [0.29, 0.717) is 43.4 Å². The second kappa shape index (κ2) is 12.9. The summed E-state index contributed by atoms with van der Waals surface area (Å²) in [6.07, 6.45) is 0.125. The smallest absolute Gasteiger partial charge is 0.410 e. The van der Waals surface area contributed by atoms with Crippen LogP contribution in [0.5, 0.6) is 5.75 Å². The average Bonchev–Trinajstić information content (AvgIpc) is 3.28. The molecule has 1 aliphatic heterocycles. The van der Waals surface area contributed by atoms with Gasteiger partial charge in [0.1, 0.15) is 11.8 Å². The van der Waals surface area contributed by atoms with E-state index in [4.69, 9.17) is 25.8 Å². The Labute approximate surface area is 227 Å². The van der Waals surface area contributed by atoms with Crippen molar-refractivity contribution >= 4 is 34.7 Å². The van der Waals surface area contributed by atoms with Gasteiger partial charge >= 0.3 is 12.2 Å². The van der Waals surface area contributed by atoms with Crippen LogP contribution in [0.4, 0.5) is 9.59 Å². The lowest BCUT2D eigenvalue weighted by Crippen LogP contribution is -2.40. The van der Waals surface area contributed by atoms with E-state index in [2.05, 4.69) is 10.3 Å². The van der Waals surface area contributed by atoms with Crippen LogP contribution in [0.3, 0.4) is 0 Å². The van der Waals surface area contributed by atoms with E-state index < -0.39 is 12.2 Å². The highest BCUT2D eigenvalue weighted by molar-refractivity contribution is 6.31. The van der Waals surface area contributed by atoms with Crippen molar-refractivity contribution in [2.24, 2.45) is 0 Å². The normalized spacial score (nSPS) is 15.6. The van der Waals surface area contributed by atoms with Gasteiger partial charge in [-0.1, -0.05) is 30.7 Å². The molecule has 204 valence electrons. The maximum absolute atomic E-state index is 12.9. The van der Waals surface area contributed by atoms with Gasteiger partial charge in [0.15, 0.2) is 0 Å². The number of rotatable bonds is 10. The average molecular weight is 544 g/mol. The fourth-order valence-electron chi connectivity index (χ4n) is 4.62. The van der Waals surface area contributed by atoms with Crippen molar-refractivity contribution in [3.8, 4) is 5.75 Å². The molecule has 2 amide bonds. The van der Waals surface area contributed by atoms with Crippen molar-refractivity contribution in [2.75, 3.05) is 32.9 Å². The molecule has 0 aliphatic carbocycles. The molecule has 10 heteroatoms. The lowest BCUT2D eigenvalue weighted by molar-refractivity contribution is 0.0932. The summed E-state index contributed by atoms with van der Waals surface area (Å²) in [5, 5.41) is 14.4. The number of aliphatic hydroxyl groups excluding tert-OH is 1. The predicted octanol–water partition coefficient (Wildman–Crippen LogP) is 5.19. The second-order valence-corrected chi connectivity index (χ2v) is 9.57. The topological polar surface area (TPSA) is 113 Å². The van der Waals surface area contributed by atoms with Crippen LogP contribution in [-0.2, 0) is 15.9 Å². The van der Waals surface area contributed by atoms with Crippen LogP contribution in [0.1, 0.15) is 49.6 Å². The van der Waals surface area contributed by atoms with E-state index in [-0.39, 0.29) is 25.3 Å². The molecule has 9 nitrogen and oxygen atoms in total. The van der Waals surface area contributed by atoms with Crippen LogP contribution in [0, 0.1) is 0 Å². The molecule has 0 saturated carbocycles. The molecule has 1 aromatic heterocycles. The molecular weight excluding hydrogens is 510 g/mol. The molecule has 0 saturated heterocycles. The number of hydrogen-bond acceptors (Lipinski definition) is 6. The lowest BCUT2D eigenvalue weighted by Gasteiger charge is -2.35. The summed E-state index contributed by atoms with van der Waals surface area (Å²) in [4.78, 5) is 29.6. The highest BCUT2D eigenvalue weighted by atomic mass is 35.5. The number of aromatic amines is 1. The van der Waals surface area contributed by atoms with Gasteiger partial charge in [-0.15, -0.1) is 0 Å². The Morgan fingerprint density at radius 1 is 1.16 bits per heavy atom. The van der Waals surface area contributed by atoms with E-state index in [0.717, 1.165) is 34.1 Å². The van der Waals surface area contributed by atoms with Crippen LogP contribution in [-0.4, -0.2) is 66.2 Å². The number of ether oxygens (including phenoxy) is 3. The number of fused-ring (bicyclic) bond motifs is 3. The van der Waals surface area contributed by atoms with Gasteiger partial charge in [0, 0.05) is 41.1 Å². The van der Waals surface area contributed by atoms with Crippen molar-refractivity contribution in [2.45, 2.75) is 45.3 Å². The Morgan fingerprint density at radius 3 is 2.68 bits per heavy atom. The largest absolute Gasteiger partial charge is 0.493 e. The minimum Gasteiger partial charge on any atom is -0.493 e. The van der Waals surface area contributed by atoms with E-state index in [1.54, 1.807) is 11.8 Å². The lowest BCUT2D eigenvalue weighted by atomic mass is 9.92. The first-order valence-electron chi connectivity index (χ1n) is 13.0. The molecule has 3 aromatic rings. The number of H-pyrrole nitrogens is 1. The number of alkyl carbamates (subject to hydrolysis) is 1. The van der Waals surface area contributed by atoms with E-state index in [9.17, 15) is 14.7 Å². The number of aliphatic hydroxyl groups is 1. The van der Waals surface area contributed by atoms with Crippen molar-refractivity contribution in [3.05, 3.63) is 64.3 Å². The molecule has 1 aliphatic rings. The molecule has 2 aromatic carbocycles. The fourth-order valence-corrected chi connectivity index (χ4v) is 4.79. The van der Waals surface area contributed by atoms with Gasteiger partial charge in [-0.3, -0.25) is 4.90 Å². The minimum absolute atomic E-state index is 0.0915. The summed E-state index contributed by atoms with van der Waals surface area (Å²) in [5.74, 6) is 0.637. The first-order chi connectivity index (χ1) is 18.4. The van der Waals surface area contributed by atoms with Gasteiger partial charge in [0.05, 0.1) is 25.9 Å². The van der Waals surface area contributed by atoms with Crippen LogP contribution >= 0.6 is 11.6 Å². The Hall–Kier alpha value is -3.43. The molecule has 38 heavy (non-hydrogen) atoms. The van der Waals surface area contributed by atoms with Gasteiger partial charge in [0.25, 0.3) is 0 Å². The van der Waals surface area contributed by atoms with Gasteiger partial charge in [0.2, 0.25) is 0 Å². The number of nitrogens with one attached hydrogen (secondary N) is 2. The van der Waals surface area contributed by atoms with Crippen molar-refractivity contribution < 1.29 is 28.9 Å². The summed E-state index contributed by atoms with van der Waals surface area (Å²) in [6.45, 7) is 5.23. The summed E-state index contributed by atoms with van der Waals surface area (Å²) in [5.41, 5.74) is 3.98. The number of halogens is 1. The SMILES string of the molecule is CCCOC(=O)NCC(O)CCOc1ccc([C@H]2c3[nH]c4ccc(Cl)cc4c3CCN2C(=O)OCC)cc1. The zero-order valence-corrected chi connectivity index (χ0v) is 22.4. The molecule has 2 atom stereocenters. The Balaban J connectivity index is 1.44. The maximum atomic E-state index is 12.9. The summed E-state index contributed by atoms with van der Waals surface area (Å²) in [6, 6.07) is 13.0. The quantitative estimate of drug-likeness (QED) is 0.324. The van der Waals surface area contributed by atoms with E-state index >= 15 is 0 Å². The van der Waals surface area contributed by atoms with Crippen molar-refractivity contribution in [1.82, 2.24) is 15.2 Å². The summed E-state index contributed by atoms with van der Waals surface area (Å²) < 4.78 is 16.1. The summed E-state index contributed by atoms with van der Waals surface area (Å²) in [7, 11) is 0. The molecule has 0 spiro atoms. The molecule has 1 unspecified atom stereocenters. The zero-order valence-electron chi connectivity index (χ0n) is 21.7. The van der Waals surface area contributed by atoms with Crippen LogP contribution in [0.2, 0.25) is 5.02 Å². The molecular formula is C28H34ClN3O6. The number of carbonyl (C=O) groups excluding carboxylic acids is 2. The Bertz CT molecular complexity index is 1250. The third-order valence-corrected chi connectivity index (χ3v) is 6.66. The Morgan fingerprint density at radius 2 is 1.95 bits per heavy atom. The monoisotopic (exact) mass is 543 g/mol. The highest BCUT2D eigenvalue weighted by Crippen LogP contribution is 2.39. The van der Waals surface area contributed by atoms with Gasteiger partial charge < -0.3 is 29.6 Å². The first kappa shape index (κ1) is 27.6. The second-order valence-electron chi connectivity index (χ2n) is 9.13. The molecule has 2 heterocycles. The third-order valence-electron chi connectivity index (χ3n) is 6.43. The molecule has 0 fully saturated rings. The molecule has 4 rings (SSSR count). The number of benzene rings is 2. The predicted molar refractivity (Wildman–Crippen MR) is 145 cm³/mol. The zero-order chi connectivity index (χ0) is 27.1. The highest BCUT2D eigenvalue weighted by Gasteiger charge is 2.35. The first-order valence-corrected chi connectivity index (χ1v) is 13.3. The third kappa shape index (κ3) is 6.52. The Kier molecular flexibility index (Phi) is 9.36. The van der Waals surface area contributed by atoms with Crippen molar-refractivity contribution in [3.63, 3.8) is 0 Å². The standard InChI is InChI=1S/C28H34ClN3O6/c1-3-14-38-27(34)30-17-20(33)12-15-37-21-8-5-18(6-9-21)26-25-22(11-13-32(26)28(35)36-4-2)23-16-19(29)7-10-24(23)31-25/h5-10,16,20,26,31,33H,3-4,11-15,17H2,1-2H3,(H,30,34)/t20?,26-/m0/s1. The number of hydrogen-bond donors (Lipinski definition) is 3. The van der Waals surface area contributed by atoms with Crippen LogP contribution < -0.4 is 10.1 Å². The van der Waals surface area contributed by atoms with E-state index in [1.165, 1.54) is 0 Å². The number of aromatic nitrogens is 1. The van der Waals surface area contributed by atoms with Crippen molar-refractivity contribution in [1.29, 1.82) is 0 Å². The maximum Gasteiger partial charge on any atom is 0.410 e. The summed E-state index contributed by atoms with van der Waals surface area (Å²) >= 11 is 6.27. The number of carbonyl (C=O) groups is 2. The molecule has 0 radical (unpaired) electrons. The van der Waals surface area contributed by atoms with Crippen LogP contribution in [0.25, 0.3) is 10.9 Å². The van der Waals surface area contributed by atoms with E-state index in [1.807, 2.05) is 49.4 Å². The molecule has 0 bridgehead atoms. The minimum atomic E-state index is -0.752. The molecule has 3 N–H and O–H groups in total. The van der Waals surface area contributed by atoms with Crippen LogP contribution in [0.15, 0.2) is 42.5 Å².